The van der Waals surface area contributed by atoms with Crippen LogP contribution in [0.1, 0.15) is 13.3 Å². The van der Waals surface area contributed by atoms with E-state index in [2.05, 4.69) is 4.18 Å². The molecule has 0 aliphatic rings. The van der Waals surface area contributed by atoms with Crippen molar-refractivity contribution >= 4 is 17.6 Å². The Balaban J connectivity index is 3.10. The van der Waals surface area contributed by atoms with Crippen LogP contribution in [0.15, 0.2) is 0 Å². The first kappa shape index (κ1) is 11.7. The number of hydrogen-bond acceptors (Lipinski definition) is 4. The minimum atomic E-state index is -2.21. The Hall–Kier alpha value is -0.300. The Kier molecular flexibility index (Phi) is 7.17. The summed E-state index contributed by atoms with van der Waals surface area (Å²) < 4.78 is 27.4. The highest BCUT2D eigenvalue weighted by Crippen LogP contribution is 1.90. The molecule has 0 aliphatic carbocycles. The van der Waals surface area contributed by atoms with Gasteiger partial charge in [-0.2, -0.15) is 4.21 Å². The van der Waals surface area contributed by atoms with Crippen molar-refractivity contribution < 1.29 is 22.5 Å². The lowest BCUT2D eigenvalue weighted by Gasteiger charge is -2.04. The van der Waals surface area contributed by atoms with Crippen molar-refractivity contribution in [3.8, 4) is 0 Å². The van der Waals surface area contributed by atoms with Crippen LogP contribution in [-0.4, -0.2) is 34.4 Å². The number of hydrogen-bond donors (Lipinski definition) is 1. The minimum absolute atomic E-state index is 0.148. The zero-order valence-electron chi connectivity index (χ0n) is 6.76. The molecule has 12 heavy (non-hydrogen) atoms. The van der Waals surface area contributed by atoms with Gasteiger partial charge in [0.1, 0.15) is 12.4 Å². The first-order valence-corrected chi connectivity index (χ1v) is 4.51. The molecular weight excluding hydrogens is 184 g/mol. The van der Waals surface area contributed by atoms with Gasteiger partial charge in [-0.15, -0.1) is 0 Å². The predicted octanol–water partition coefficient (Wildman–Crippen LogP) is 0.134. The molecule has 0 aromatic heterocycles. The fraction of sp³-hybridized carbons (Fsp3) is 0.833. The molecule has 72 valence electrons. The van der Waals surface area contributed by atoms with Gasteiger partial charge < -0.3 is 9.53 Å². The summed E-state index contributed by atoms with van der Waals surface area (Å²) in [4.78, 5) is 10.0. The molecule has 0 spiro atoms. The molecule has 0 aromatic rings. The minimum Gasteiger partial charge on any atom is -0.371 e. The first-order valence-electron chi connectivity index (χ1n) is 3.48. The summed E-state index contributed by atoms with van der Waals surface area (Å²) in [5, 5.41) is 0. The van der Waals surface area contributed by atoms with Crippen molar-refractivity contribution in [3.05, 3.63) is 0 Å². The Labute approximate surface area is 73.5 Å². The van der Waals surface area contributed by atoms with E-state index in [9.17, 15) is 9.00 Å². The quantitative estimate of drug-likeness (QED) is 0.356. The second-order valence-corrected chi connectivity index (χ2v) is 2.77. The second-order valence-electron chi connectivity index (χ2n) is 2.10. The molecule has 0 aromatic carbocycles. The Morgan fingerprint density at radius 3 is 2.75 bits per heavy atom. The normalized spacial score (nSPS) is 15.5. The monoisotopic (exact) mass is 196 g/mol. The van der Waals surface area contributed by atoms with Crippen molar-refractivity contribution in [2.75, 3.05) is 13.2 Å². The van der Waals surface area contributed by atoms with Gasteiger partial charge in [-0.05, 0) is 13.3 Å². The Bertz CT molecular complexity index is 149. The third kappa shape index (κ3) is 7.80. The summed E-state index contributed by atoms with van der Waals surface area (Å²) in [7, 11) is 0. The number of aldehydes is 1. The van der Waals surface area contributed by atoms with E-state index in [0.29, 0.717) is 19.3 Å². The maximum Gasteiger partial charge on any atom is 0.301 e. The fourth-order valence-corrected chi connectivity index (χ4v) is 0.758. The van der Waals surface area contributed by atoms with Gasteiger partial charge in [0.05, 0.1) is 6.61 Å². The molecule has 1 N–H and O–H groups in total. The highest BCUT2D eigenvalue weighted by molar-refractivity contribution is 7.74. The molecule has 5 nitrogen and oxygen atoms in total. The van der Waals surface area contributed by atoms with Crippen LogP contribution in [0.5, 0.6) is 0 Å². The van der Waals surface area contributed by atoms with E-state index in [1.54, 1.807) is 6.92 Å². The molecular formula is C6H12O5S. The number of carbonyl (C=O) groups is 1. The van der Waals surface area contributed by atoms with Gasteiger partial charge in [0.15, 0.2) is 0 Å². The van der Waals surface area contributed by atoms with E-state index in [-0.39, 0.29) is 6.61 Å². The van der Waals surface area contributed by atoms with Crippen molar-refractivity contribution in [2.45, 2.75) is 19.4 Å². The molecule has 0 heterocycles. The number of carbonyl (C=O) groups excluding carboxylic acids is 1. The first-order chi connectivity index (χ1) is 5.66. The Morgan fingerprint density at radius 1 is 1.58 bits per heavy atom. The fourth-order valence-electron chi connectivity index (χ4n) is 0.498. The summed E-state index contributed by atoms with van der Waals surface area (Å²) in [6.07, 6.45) is 0.750. The van der Waals surface area contributed by atoms with Crippen molar-refractivity contribution in [1.82, 2.24) is 0 Å². The SMILES string of the molecule is CC(C=O)OCCCOS(=O)O. The van der Waals surface area contributed by atoms with Gasteiger partial charge in [0.2, 0.25) is 0 Å². The van der Waals surface area contributed by atoms with Crippen LogP contribution in [0.25, 0.3) is 0 Å². The second kappa shape index (κ2) is 7.35. The lowest BCUT2D eigenvalue weighted by Crippen LogP contribution is -2.11. The largest absolute Gasteiger partial charge is 0.371 e. The van der Waals surface area contributed by atoms with Gasteiger partial charge in [-0.25, -0.2) is 0 Å². The molecule has 0 fully saturated rings. The summed E-state index contributed by atoms with van der Waals surface area (Å²) in [5.74, 6) is 0. The molecule has 0 rings (SSSR count). The molecule has 2 atom stereocenters. The van der Waals surface area contributed by atoms with Gasteiger partial charge in [-0.1, -0.05) is 0 Å². The van der Waals surface area contributed by atoms with E-state index in [1.807, 2.05) is 0 Å². The average Bonchev–Trinajstić information content (AvgIpc) is 2.03. The number of rotatable bonds is 7. The van der Waals surface area contributed by atoms with Gasteiger partial charge in [-0.3, -0.25) is 8.74 Å². The third-order valence-corrected chi connectivity index (χ3v) is 1.41. The van der Waals surface area contributed by atoms with Crippen molar-refractivity contribution in [3.63, 3.8) is 0 Å². The number of ether oxygens (including phenoxy) is 1. The topological polar surface area (TPSA) is 72.8 Å². The Morgan fingerprint density at radius 2 is 2.25 bits per heavy atom. The van der Waals surface area contributed by atoms with Crippen LogP contribution < -0.4 is 0 Å². The molecule has 6 heteroatoms. The van der Waals surface area contributed by atoms with E-state index in [0.717, 1.165) is 0 Å². The molecule has 2 unspecified atom stereocenters. The van der Waals surface area contributed by atoms with Crippen LogP contribution >= 0.6 is 0 Å². The standard InChI is InChI=1S/C6H12O5S/c1-6(5-7)10-3-2-4-11-12(8)9/h5-6H,2-4H2,1H3,(H,8,9). The van der Waals surface area contributed by atoms with Crippen LogP contribution in [0, 0.1) is 0 Å². The summed E-state index contributed by atoms with van der Waals surface area (Å²) in [5.41, 5.74) is 0. The molecule has 0 saturated carbocycles. The van der Waals surface area contributed by atoms with Crippen LogP contribution in [0.4, 0.5) is 0 Å². The highest BCUT2D eigenvalue weighted by atomic mass is 32.2. The van der Waals surface area contributed by atoms with E-state index in [1.165, 1.54) is 0 Å². The molecule has 0 bridgehead atoms. The van der Waals surface area contributed by atoms with Gasteiger partial charge in [0, 0.05) is 6.61 Å². The van der Waals surface area contributed by atoms with Crippen LogP contribution in [0.3, 0.4) is 0 Å². The maximum atomic E-state index is 10.0. The maximum absolute atomic E-state index is 10.0. The summed E-state index contributed by atoms with van der Waals surface area (Å²) in [6.45, 7) is 2.11. The smallest absolute Gasteiger partial charge is 0.301 e. The lowest BCUT2D eigenvalue weighted by molar-refractivity contribution is -0.117. The van der Waals surface area contributed by atoms with E-state index in [4.69, 9.17) is 9.29 Å². The predicted molar refractivity (Wildman–Crippen MR) is 42.8 cm³/mol. The van der Waals surface area contributed by atoms with Crippen molar-refractivity contribution in [1.29, 1.82) is 0 Å². The van der Waals surface area contributed by atoms with E-state index < -0.39 is 17.5 Å². The summed E-state index contributed by atoms with van der Waals surface area (Å²) >= 11 is -2.21. The lowest BCUT2D eigenvalue weighted by atomic mass is 10.4. The summed E-state index contributed by atoms with van der Waals surface area (Å²) in [6, 6.07) is 0. The van der Waals surface area contributed by atoms with Crippen LogP contribution in [0.2, 0.25) is 0 Å². The molecule has 0 amide bonds. The van der Waals surface area contributed by atoms with E-state index >= 15 is 0 Å². The molecule has 0 radical (unpaired) electrons. The zero-order chi connectivity index (χ0) is 9.40. The van der Waals surface area contributed by atoms with Crippen molar-refractivity contribution in [2.24, 2.45) is 0 Å². The molecule has 0 saturated heterocycles. The van der Waals surface area contributed by atoms with Gasteiger partial charge in [0.25, 0.3) is 0 Å². The molecule has 0 aliphatic heterocycles. The van der Waals surface area contributed by atoms with Crippen LogP contribution in [-0.2, 0) is 25.1 Å². The zero-order valence-corrected chi connectivity index (χ0v) is 7.58. The highest BCUT2D eigenvalue weighted by Gasteiger charge is 1.98. The third-order valence-electron chi connectivity index (χ3n) is 1.05. The van der Waals surface area contributed by atoms with Gasteiger partial charge >= 0.3 is 11.4 Å². The average molecular weight is 196 g/mol.